The number of nitrogens with zero attached hydrogens (tertiary/aromatic N) is 2. The molecule has 0 bridgehead atoms. The van der Waals surface area contributed by atoms with Crippen LogP contribution in [0.3, 0.4) is 0 Å². The number of carbonyl (C=O) groups excluding carboxylic acids is 1. The van der Waals surface area contributed by atoms with Gasteiger partial charge in [0.05, 0.1) is 13.2 Å². The zero-order chi connectivity index (χ0) is 16.6. The second-order valence-corrected chi connectivity index (χ2v) is 6.03. The van der Waals surface area contributed by atoms with E-state index in [-0.39, 0.29) is 5.91 Å². The molecule has 0 aromatic heterocycles. The minimum absolute atomic E-state index is 0.0905. The Hall–Kier alpha value is -2.17. The lowest BCUT2D eigenvalue weighted by atomic mass is 10.1. The van der Waals surface area contributed by atoms with Crippen molar-refractivity contribution < 1.29 is 9.53 Å². The van der Waals surface area contributed by atoms with Gasteiger partial charge in [-0.3, -0.25) is 9.69 Å². The summed E-state index contributed by atoms with van der Waals surface area (Å²) in [4.78, 5) is 17.2. The summed E-state index contributed by atoms with van der Waals surface area (Å²) in [5, 5.41) is 0. The summed E-state index contributed by atoms with van der Waals surface area (Å²) in [6.45, 7) is 5.70. The minimum Gasteiger partial charge on any atom is -0.379 e. The SMILES string of the molecule is O=C(c1ccccc1)N(CCN1CCOCC1)Cc1ccccc1. The molecule has 0 atom stereocenters. The lowest BCUT2D eigenvalue weighted by molar-refractivity contribution is 0.0320. The molecular weight excluding hydrogens is 300 g/mol. The molecule has 1 aliphatic rings. The molecule has 3 rings (SSSR count). The van der Waals surface area contributed by atoms with Crippen LogP contribution >= 0.6 is 0 Å². The Morgan fingerprint density at radius 3 is 2.25 bits per heavy atom. The summed E-state index contributed by atoms with van der Waals surface area (Å²) >= 11 is 0. The van der Waals surface area contributed by atoms with Gasteiger partial charge in [-0.15, -0.1) is 0 Å². The number of morpholine rings is 1. The molecule has 2 aromatic rings. The highest BCUT2D eigenvalue weighted by molar-refractivity contribution is 5.94. The fourth-order valence-electron chi connectivity index (χ4n) is 2.91. The zero-order valence-electron chi connectivity index (χ0n) is 13.9. The first-order valence-corrected chi connectivity index (χ1v) is 8.51. The van der Waals surface area contributed by atoms with E-state index < -0.39 is 0 Å². The Kier molecular flexibility index (Phi) is 5.99. The maximum atomic E-state index is 12.9. The number of hydrogen-bond acceptors (Lipinski definition) is 3. The molecule has 4 nitrogen and oxygen atoms in total. The molecule has 0 aliphatic carbocycles. The predicted molar refractivity (Wildman–Crippen MR) is 94.9 cm³/mol. The Morgan fingerprint density at radius 2 is 1.58 bits per heavy atom. The number of ether oxygens (including phenoxy) is 1. The summed E-state index contributed by atoms with van der Waals surface area (Å²) < 4.78 is 5.40. The van der Waals surface area contributed by atoms with E-state index in [1.165, 1.54) is 0 Å². The van der Waals surface area contributed by atoms with Gasteiger partial charge in [0.15, 0.2) is 0 Å². The molecule has 1 saturated heterocycles. The lowest BCUT2D eigenvalue weighted by Gasteiger charge is -2.30. The van der Waals surface area contributed by atoms with Crippen LogP contribution in [0.4, 0.5) is 0 Å². The van der Waals surface area contributed by atoms with Crippen LogP contribution in [-0.2, 0) is 11.3 Å². The molecule has 0 N–H and O–H groups in total. The predicted octanol–water partition coefficient (Wildman–Crippen LogP) is 2.66. The van der Waals surface area contributed by atoms with E-state index in [0.717, 1.165) is 50.5 Å². The van der Waals surface area contributed by atoms with Crippen LogP contribution in [0.25, 0.3) is 0 Å². The molecule has 1 fully saturated rings. The Bertz CT molecular complexity index is 625. The van der Waals surface area contributed by atoms with E-state index in [1.807, 2.05) is 53.4 Å². The maximum absolute atomic E-state index is 12.9. The van der Waals surface area contributed by atoms with Crippen molar-refractivity contribution in [3.05, 3.63) is 71.8 Å². The van der Waals surface area contributed by atoms with E-state index in [9.17, 15) is 4.79 Å². The second kappa shape index (κ2) is 8.62. The Balaban J connectivity index is 1.69. The van der Waals surface area contributed by atoms with Crippen molar-refractivity contribution in [2.75, 3.05) is 39.4 Å². The number of amides is 1. The molecule has 0 spiro atoms. The molecule has 0 unspecified atom stereocenters. The third-order valence-electron chi connectivity index (χ3n) is 4.31. The van der Waals surface area contributed by atoms with E-state index in [2.05, 4.69) is 17.0 Å². The number of rotatable bonds is 6. The van der Waals surface area contributed by atoms with Gasteiger partial charge < -0.3 is 9.64 Å². The smallest absolute Gasteiger partial charge is 0.254 e. The first kappa shape index (κ1) is 16.7. The monoisotopic (exact) mass is 324 g/mol. The van der Waals surface area contributed by atoms with Gasteiger partial charge in [0.1, 0.15) is 0 Å². The fourth-order valence-corrected chi connectivity index (χ4v) is 2.91. The summed E-state index contributed by atoms with van der Waals surface area (Å²) in [6.07, 6.45) is 0. The molecule has 0 saturated carbocycles. The van der Waals surface area contributed by atoms with Crippen molar-refractivity contribution in [2.45, 2.75) is 6.54 Å². The standard InChI is InChI=1S/C20H24N2O2/c23-20(19-9-5-2-6-10-19)22(17-18-7-3-1-4-8-18)12-11-21-13-15-24-16-14-21/h1-10H,11-17H2. The van der Waals surface area contributed by atoms with E-state index in [4.69, 9.17) is 4.74 Å². The van der Waals surface area contributed by atoms with Crippen molar-refractivity contribution in [3.8, 4) is 0 Å². The maximum Gasteiger partial charge on any atom is 0.254 e. The second-order valence-electron chi connectivity index (χ2n) is 6.03. The van der Waals surface area contributed by atoms with E-state index >= 15 is 0 Å². The Labute approximate surface area is 143 Å². The summed E-state index contributed by atoms with van der Waals surface area (Å²) in [6, 6.07) is 19.7. The summed E-state index contributed by atoms with van der Waals surface area (Å²) in [5.74, 6) is 0.0905. The van der Waals surface area contributed by atoms with Crippen LogP contribution in [0.15, 0.2) is 60.7 Å². The third kappa shape index (κ3) is 4.66. The van der Waals surface area contributed by atoms with Gasteiger partial charge in [-0.2, -0.15) is 0 Å². The van der Waals surface area contributed by atoms with Gasteiger partial charge in [0.2, 0.25) is 0 Å². The molecule has 126 valence electrons. The normalized spacial score (nSPS) is 15.2. The highest BCUT2D eigenvalue weighted by Gasteiger charge is 2.18. The first-order valence-electron chi connectivity index (χ1n) is 8.51. The van der Waals surface area contributed by atoms with Crippen molar-refractivity contribution in [1.82, 2.24) is 9.80 Å². The van der Waals surface area contributed by atoms with Crippen LogP contribution in [0.2, 0.25) is 0 Å². The average molecular weight is 324 g/mol. The van der Waals surface area contributed by atoms with E-state index in [1.54, 1.807) is 0 Å². The lowest BCUT2D eigenvalue weighted by Crippen LogP contribution is -2.42. The molecule has 1 aliphatic heterocycles. The average Bonchev–Trinajstić information content (AvgIpc) is 2.67. The third-order valence-corrected chi connectivity index (χ3v) is 4.31. The minimum atomic E-state index is 0.0905. The van der Waals surface area contributed by atoms with Gasteiger partial charge in [-0.05, 0) is 17.7 Å². The molecule has 4 heteroatoms. The Morgan fingerprint density at radius 1 is 0.958 bits per heavy atom. The van der Waals surface area contributed by atoms with Crippen molar-refractivity contribution in [2.24, 2.45) is 0 Å². The van der Waals surface area contributed by atoms with Crippen LogP contribution in [0, 0.1) is 0 Å². The van der Waals surface area contributed by atoms with Crippen LogP contribution < -0.4 is 0 Å². The van der Waals surface area contributed by atoms with Gasteiger partial charge >= 0.3 is 0 Å². The van der Waals surface area contributed by atoms with Gasteiger partial charge in [0, 0.05) is 38.3 Å². The molecule has 1 amide bonds. The molecule has 24 heavy (non-hydrogen) atoms. The number of benzene rings is 2. The van der Waals surface area contributed by atoms with Crippen molar-refractivity contribution in [3.63, 3.8) is 0 Å². The molecule has 0 radical (unpaired) electrons. The van der Waals surface area contributed by atoms with E-state index in [0.29, 0.717) is 6.54 Å². The van der Waals surface area contributed by atoms with Gasteiger partial charge in [-0.1, -0.05) is 48.5 Å². The highest BCUT2D eigenvalue weighted by atomic mass is 16.5. The summed E-state index contributed by atoms with van der Waals surface area (Å²) in [5.41, 5.74) is 1.90. The van der Waals surface area contributed by atoms with Gasteiger partial charge in [-0.25, -0.2) is 0 Å². The van der Waals surface area contributed by atoms with Gasteiger partial charge in [0.25, 0.3) is 5.91 Å². The van der Waals surface area contributed by atoms with Crippen molar-refractivity contribution >= 4 is 5.91 Å². The molecule has 1 heterocycles. The fraction of sp³-hybridized carbons (Fsp3) is 0.350. The van der Waals surface area contributed by atoms with Crippen molar-refractivity contribution in [1.29, 1.82) is 0 Å². The first-order chi connectivity index (χ1) is 11.8. The topological polar surface area (TPSA) is 32.8 Å². The highest BCUT2D eigenvalue weighted by Crippen LogP contribution is 2.11. The van der Waals surface area contributed by atoms with Crippen LogP contribution in [0.5, 0.6) is 0 Å². The quantitative estimate of drug-likeness (QED) is 0.819. The zero-order valence-corrected chi connectivity index (χ0v) is 13.9. The van der Waals surface area contributed by atoms with Crippen LogP contribution in [-0.4, -0.2) is 55.1 Å². The van der Waals surface area contributed by atoms with Crippen LogP contribution in [0.1, 0.15) is 15.9 Å². The number of carbonyl (C=O) groups is 1. The molecule has 2 aromatic carbocycles. The largest absolute Gasteiger partial charge is 0.379 e. The number of hydrogen-bond donors (Lipinski definition) is 0. The molecular formula is C20H24N2O2. The summed E-state index contributed by atoms with van der Waals surface area (Å²) in [7, 11) is 0.